The lowest BCUT2D eigenvalue weighted by molar-refractivity contribution is 0.269. The van der Waals surface area contributed by atoms with Crippen LogP contribution in [0, 0.1) is 6.92 Å². The quantitative estimate of drug-likeness (QED) is 0.348. The van der Waals surface area contributed by atoms with Crippen LogP contribution in [-0.4, -0.2) is 6.61 Å². The molecule has 0 bridgehead atoms. The lowest BCUT2D eigenvalue weighted by Gasteiger charge is -2.16. The van der Waals surface area contributed by atoms with Crippen LogP contribution in [0.4, 0.5) is 5.69 Å². The Morgan fingerprint density at radius 2 is 1.76 bits per heavy atom. The standard InChI is InChI=1S/C23H22BrCl2NO2/c1-3-28-22-10-17(13-27-19-8-7-15(2)21(26)11-19)20(24)12-23(22)29-14-16-5-4-6-18(25)9-16/h4-12,27H,3,13-14H2,1-2H3. The van der Waals surface area contributed by atoms with E-state index in [4.69, 9.17) is 32.7 Å². The van der Waals surface area contributed by atoms with Gasteiger partial charge in [-0.05, 0) is 66.9 Å². The zero-order chi connectivity index (χ0) is 20.8. The number of hydrogen-bond acceptors (Lipinski definition) is 3. The van der Waals surface area contributed by atoms with Crippen LogP contribution in [0.1, 0.15) is 23.6 Å². The number of nitrogens with one attached hydrogen (secondary N) is 1. The Morgan fingerprint density at radius 3 is 2.48 bits per heavy atom. The predicted molar refractivity (Wildman–Crippen MR) is 125 cm³/mol. The monoisotopic (exact) mass is 493 g/mol. The van der Waals surface area contributed by atoms with Crippen LogP contribution in [0.5, 0.6) is 11.5 Å². The molecular weight excluding hydrogens is 473 g/mol. The van der Waals surface area contributed by atoms with Gasteiger partial charge in [0.15, 0.2) is 11.5 Å². The van der Waals surface area contributed by atoms with E-state index in [1.165, 1.54) is 0 Å². The Kier molecular flexibility index (Phi) is 7.70. The number of hydrogen-bond donors (Lipinski definition) is 1. The summed E-state index contributed by atoms with van der Waals surface area (Å²) in [6.45, 7) is 5.52. The summed E-state index contributed by atoms with van der Waals surface area (Å²) in [7, 11) is 0. The second-order valence-corrected chi connectivity index (χ2v) is 8.26. The van der Waals surface area contributed by atoms with E-state index >= 15 is 0 Å². The van der Waals surface area contributed by atoms with Crippen molar-refractivity contribution in [2.45, 2.75) is 27.0 Å². The van der Waals surface area contributed by atoms with E-state index in [1.54, 1.807) is 0 Å². The zero-order valence-corrected chi connectivity index (χ0v) is 19.4. The third kappa shape index (κ3) is 6.05. The molecule has 0 spiro atoms. The minimum absolute atomic E-state index is 0.409. The van der Waals surface area contributed by atoms with Gasteiger partial charge in [0.2, 0.25) is 0 Å². The van der Waals surface area contributed by atoms with Crippen LogP contribution >= 0.6 is 39.1 Å². The van der Waals surface area contributed by atoms with Gasteiger partial charge in [0, 0.05) is 26.8 Å². The van der Waals surface area contributed by atoms with E-state index in [-0.39, 0.29) is 0 Å². The summed E-state index contributed by atoms with van der Waals surface area (Å²) in [6.07, 6.45) is 0. The highest BCUT2D eigenvalue weighted by Gasteiger charge is 2.12. The fourth-order valence-corrected chi connectivity index (χ4v) is 3.64. The van der Waals surface area contributed by atoms with Crippen molar-refractivity contribution in [3.63, 3.8) is 0 Å². The summed E-state index contributed by atoms with van der Waals surface area (Å²) in [5, 5.41) is 4.83. The van der Waals surface area contributed by atoms with Crippen molar-refractivity contribution in [1.82, 2.24) is 0 Å². The van der Waals surface area contributed by atoms with Crippen molar-refractivity contribution >= 4 is 44.8 Å². The van der Waals surface area contributed by atoms with E-state index in [9.17, 15) is 0 Å². The number of anilines is 1. The highest BCUT2D eigenvalue weighted by Crippen LogP contribution is 2.35. The molecule has 152 valence electrons. The Bertz CT molecular complexity index is 995. The van der Waals surface area contributed by atoms with E-state index in [0.717, 1.165) is 31.9 Å². The average molecular weight is 495 g/mol. The minimum Gasteiger partial charge on any atom is -0.490 e. The second-order valence-electron chi connectivity index (χ2n) is 6.56. The molecule has 0 saturated heterocycles. The molecule has 0 atom stereocenters. The molecule has 0 amide bonds. The molecule has 3 rings (SSSR count). The lowest BCUT2D eigenvalue weighted by atomic mass is 10.1. The maximum absolute atomic E-state index is 6.22. The normalized spacial score (nSPS) is 10.7. The number of halogens is 3. The molecule has 1 N–H and O–H groups in total. The predicted octanol–water partition coefficient (Wildman–Crippen LogP) is 7.65. The van der Waals surface area contributed by atoms with Gasteiger partial charge in [0.1, 0.15) is 6.61 Å². The Balaban J connectivity index is 1.75. The Labute approximate surface area is 190 Å². The van der Waals surface area contributed by atoms with E-state index in [2.05, 4.69) is 21.2 Å². The van der Waals surface area contributed by atoms with Crippen molar-refractivity contribution in [3.8, 4) is 11.5 Å². The second kappa shape index (κ2) is 10.2. The molecule has 0 radical (unpaired) electrons. The van der Waals surface area contributed by atoms with Crippen LogP contribution in [0.2, 0.25) is 10.0 Å². The highest BCUT2D eigenvalue weighted by molar-refractivity contribution is 9.10. The first-order valence-corrected chi connectivity index (χ1v) is 10.8. The molecule has 3 nitrogen and oxygen atoms in total. The van der Waals surface area contributed by atoms with Gasteiger partial charge >= 0.3 is 0 Å². The van der Waals surface area contributed by atoms with Gasteiger partial charge in [0.05, 0.1) is 6.61 Å². The maximum Gasteiger partial charge on any atom is 0.162 e. The first-order valence-electron chi connectivity index (χ1n) is 9.28. The van der Waals surface area contributed by atoms with Crippen molar-refractivity contribution in [2.75, 3.05) is 11.9 Å². The van der Waals surface area contributed by atoms with Crippen molar-refractivity contribution in [3.05, 3.63) is 85.8 Å². The Morgan fingerprint density at radius 1 is 0.966 bits per heavy atom. The molecule has 0 aliphatic rings. The summed E-state index contributed by atoms with van der Waals surface area (Å²) in [4.78, 5) is 0. The minimum atomic E-state index is 0.409. The molecule has 0 aliphatic carbocycles. The molecule has 29 heavy (non-hydrogen) atoms. The van der Waals surface area contributed by atoms with Gasteiger partial charge in [-0.25, -0.2) is 0 Å². The number of ether oxygens (including phenoxy) is 2. The van der Waals surface area contributed by atoms with Crippen molar-refractivity contribution in [1.29, 1.82) is 0 Å². The zero-order valence-electron chi connectivity index (χ0n) is 16.3. The van der Waals surface area contributed by atoms with Gasteiger partial charge in [-0.3, -0.25) is 0 Å². The Hall–Kier alpha value is -1.88. The molecule has 3 aromatic carbocycles. The summed E-state index contributed by atoms with van der Waals surface area (Å²) in [6, 6.07) is 17.5. The highest BCUT2D eigenvalue weighted by atomic mass is 79.9. The van der Waals surface area contributed by atoms with Gasteiger partial charge in [-0.2, -0.15) is 0 Å². The molecule has 0 aliphatic heterocycles. The molecule has 0 saturated carbocycles. The van der Waals surface area contributed by atoms with Gasteiger partial charge in [0.25, 0.3) is 0 Å². The fraction of sp³-hybridized carbons (Fsp3) is 0.217. The summed E-state index contributed by atoms with van der Waals surface area (Å²) >= 11 is 15.9. The fourth-order valence-electron chi connectivity index (χ4n) is 2.78. The van der Waals surface area contributed by atoms with Gasteiger partial charge in [-0.1, -0.05) is 57.3 Å². The molecule has 0 fully saturated rings. The largest absolute Gasteiger partial charge is 0.490 e. The number of rotatable bonds is 8. The summed E-state index contributed by atoms with van der Waals surface area (Å²) in [5.41, 5.74) is 4.07. The molecular formula is C23H22BrCl2NO2. The molecule has 0 unspecified atom stereocenters. The van der Waals surface area contributed by atoms with Crippen LogP contribution < -0.4 is 14.8 Å². The third-order valence-corrected chi connectivity index (χ3v) is 5.73. The molecule has 6 heteroatoms. The van der Waals surface area contributed by atoms with Gasteiger partial charge in [-0.15, -0.1) is 0 Å². The van der Waals surface area contributed by atoms with Crippen molar-refractivity contribution < 1.29 is 9.47 Å². The number of benzene rings is 3. The summed E-state index contributed by atoms with van der Waals surface area (Å²) in [5.74, 6) is 1.39. The topological polar surface area (TPSA) is 30.5 Å². The molecule has 0 aromatic heterocycles. The van der Waals surface area contributed by atoms with Crippen LogP contribution in [0.15, 0.2) is 59.1 Å². The van der Waals surface area contributed by atoms with E-state index < -0.39 is 0 Å². The molecule has 0 heterocycles. The van der Waals surface area contributed by atoms with Gasteiger partial charge < -0.3 is 14.8 Å². The summed E-state index contributed by atoms with van der Waals surface area (Å²) < 4.78 is 12.8. The van der Waals surface area contributed by atoms with E-state index in [1.807, 2.05) is 68.4 Å². The van der Waals surface area contributed by atoms with Crippen LogP contribution in [0.25, 0.3) is 0 Å². The first kappa shape index (κ1) is 21.8. The van der Waals surface area contributed by atoms with Crippen LogP contribution in [-0.2, 0) is 13.2 Å². The van der Waals surface area contributed by atoms with E-state index in [0.29, 0.717) is 36.3 Å². The average Bonchev–Trinajstić information content (AvgIpc) is 2.69. The van der Waals surface area contributed by atoms with Crippen molar-refractivity contribution in [2.24, 2.45) is 0 Å². The first-order chi connectivity index (χ1) is 14.0. The smallest absolute Gasteiger partial charge is 0.162 e. The maximum atomic E-state index is 6.22. The SMILES string of the molecule is CCOc1cc(CNc2ccc(C)c(Cl)c2)c(Br)cc1OCc1cccc(Cl)c1. The number of aryl methyl sites for hydroxylation is 1. The van der Waals surface area contributed by atoms with Crippen LogP contribution in [0.3, 0.4) is 0 Å². The third-order valence-electron chi connectivity index (χ3n) is 4.35. The molecule has 3 aromatic rings. The lowest BCUT2D eigenvalue weighted by Crippen LogP contribution is -2.04.